The van der Waals surface area contributed by atoms with Crippen molar-refractivity contribution in [2.24, 2.45) is 5.92 Å². The minimum atomic E-state index is 0.268. The summed E-state index contributed by atoms with van der Waals surface area (Å²) < 4.78 is 0. The summed E-state index contributed by atoms with van der Waals surface area (Å²) in [5.74, 6) is 0.915. The van der Waals surface area contributed by atoms with Crippen molar-refractivity contribution in [2.45, 2.75) is 18.4 Å². The minimum Gasteiger partial charge on any atom is -0.378 e. The third-order valence-electron chi connectivity index (χ3n) is 6.45. The van der Waals surface area contributed by atoms with Gasteiger partial charge in [-0.1, -0.05) is 72.3 Å². The van der Waals surface area contributed by atoms with Crippen LogP contribution in [0.15, 0.2) is 84.9 Å². The van der Waals surface area contributed by atoms with Gasteiger partial charge in [-0.05, 0) is 69.3 Å². The fourth-order valence-corrected chi connectivity index (χ4v) is 5.42. The van der Waals surface area contributed by atoms with Gasteiger partial charge in [-0.15, -0.1) is 0 Å². The molecule has 2 aliphatic rings. The first kappa shape index (κ1) is 16.2. The maximum absolute atomic E-state index is 6.32. The summed E-state index contributed by atoms with van der Waals surface area (Å²) in [6, 6.07) is 26.4. The van der Waals surface area contributed by atoms with Crippen molar-refractivity contribution in [2.75, 3.05) is 5.32 Å². The maximum Gasteiger partial charge on any atom is 0.0566 e. The van der Waals surface area contributed by atoms with Crippen LogP contribution in [0.5, 0.6) is 0 Å². The number of hydrogen-bond donors (Lipinski definition) is 1. The van der Waals surface area contributed by atoms with Gasteiger partial charge in [0.2, 0.25) is 0 Å². The van der Waals surface area contributed by atoms with Gasteiger partial charge in [0.25, 0.3) is 0 Å². The number of nitrogens with one attached hydrogen (secondary N) is 1. The second-order valence-corrected chi connectivity index (χ2v) is 8.38. The first-order valence-corrected chi connectivity index (χ1v) is 10.3. The standard InChI is InChI=1S/C26H20ClN/c27-18-12-13-24-23(15-18)21-10-5-11-22(21)26(28-24)25-19-8-3-1-6-16(19)14-17-7-2-4-9-20(17)25/h1-10,12-15,21-22,26,28H,11H2. The highest BCUT2D eigenvalue weighted by atomic mass is 35.5. The summed E-state index contributed by atoms with van der Waals surface area (Å²) in [6.45, 7) is 0. The fourth-order valence-electron chi connectivity index (χ4n) is 5.23. The predicted octanol–water partition coefficient (Wildman–Crippen LogP) is 7.47. The van der Waals surface area contributed by atoms with Crippen LogP contribution >= 0.6 is 11.6 Å². The summed E-state index contributed by atoms with van der Waals surface area (Å²) >= 11 is 6.32. The molecule has 136 valence electrons. The van der Waals surface area contributed by atoms with E-state index in [0.717, 1.165) is 11.4 Å². The molecule has 3 unspecified atom stereocenters. The van der Waals surface area contributed by atoms with Crippen molar-refractivity contribution >= 4 is 38.8 Å². The van der Waals surface area contributed by atoms with E-state index in [9.17, 15) is 0 Å². The first-order chi connectivity index (χ1) is 13.8. The van der Waals surface area contributed by atoms with Crippen molar-refractivity contribution in [1.29, 1.82) is 0 Å². The number of hydrogen-bond acceptors (Lipinski definition) is 1. The zero-order valence-corrected chi connectivity index (χ0v) is 16.2. The van der Waals surface area contributed by atoms with Crippen molar-refractivity contribution < 1.29 is 0 Å². The molecule has 1 aliphatic heterocycles. The zero-order valence-electron chi connectivity index (χ0n) is 15.4. The van der Waals surface area contributed by atoms with Crippen LogP contribution in [-0.4, -0.2) is 0 Å². The van der Waals surface area contributed by atoms with Crippen LogP contribution in [0.2, 0.25) is 5.02 Å². The quantitative estimate of drug-likeness (QED) is 0.266. The Labute approximate surface area is 169 Å². The molecule has 2 heteroatoms. The van der Waals surface area contributed by atoms with Crippen molar-refractivity contribution in [3.8, 4) is 0 Å². The SMILES string of the molecule is Clc1ccc2c(c1)C1C=CCC1C(c1c3ccccc3cc3ccccc13)N2. The molecule has 0 fully saturated rings. The summed E-state index contributed by atoms with van der Waals surface area (Å²) in [6.07, 6.45) is 5.81. The molecule has 1 heterocycles. The molecule has 0 amide bonds. The molecular weight excluding hydrogens is 362 g/mol. The Bertz CT molecular complexity index is 1200. The molecule has 0 radical (unpaired) electrons. The van der Waals surface area contributed by atoms with Crippen LogP contribution in [0.1, 0.15) is 29.5 Å². The third kappa shape index (κ3) is 2.33. The number of rotatable bonds is 1. The summed E-state index contributed by atoms with van der Waals surface area (Å²) in [4.78, 5) is 0. The monoisotopic (exact) mass is 381 g/mol. The van der Waals surface area contributed by atoms with Crippen molar-refractivity contribution in [1.82, 2.24) is 0 Å². The Balaban J connectivity index is 1.64. The number of fused-ring (bicyclic) bond motifs is 5. The molecule has 0 spiro atoms. The Morgan fingerprint density at radius 1 is 0.821 bits per heavy atom. The lowest BCUT2D eigenvalue weighted by Crippen LogP contribution is -2.29. The van der Waals surface area contributed by atoms with Gasteiger partial charge in [0, 0.05) is 16.6 Å². The largest absolute Gasteiger partial charge is 0.378 e. The van der Waals surface area contributed by atoms with Gasteiger partial charge < -0.3 is 5.32 Å². The van der Waals surface area contributed by atoms with E-state index in [-0.39, 0.29) is 6.04 Å². The van der Waals surface area contributed by atoms with Crippen LogP contribution in [-0.2, 0) is 0 Å². The molecule has 4 aromatic rings. The molecule has 0 saturated heterocycles. The van der Waals surface area contributed by atoms with E-state index < -0.39 is 0 Å². The van der Waals surface area contributed by atoms with Gasteiger partial charge in [0.05, 0.1) is 6.04 Å². The Morgan fingerprint density at radius 2 is 1.54 bits per heavy atom. The van der Waals surface area contributed by atoms with Crippen LogP contribution in [0.25, 0.3) is 21.5 Å². The van der Waals surface area contributed by atoms with E-state index in [1.165, 1.54) is 38.4 Å². The van der Waals surface area contributed by atoms with Gasteiger partial charge in [0.1, 0.15) is 0 Å². The van der Waals surface area contributed by atoms with Crippen LogP contribution < -0.4 is 5.32 Å². The van der Waals surface area contributed by atoms with E-state index in [1.54, 1.807) is 0 Å². The molecule has 3 atom stereocenters. The van der Waals surface area contributed by atoms with Crippen LogP contribution in [0, 0.1) is 5.92 Å². The lowest BCUT2D eigenvalue weighted by molar-refractivity contribution is 0.429. The van der Waals surface area contributed by atoms with Crippen LogP contribution in [0.4, 0.5) is 5.69 Å². The smallest absolute Gasteiger partial charge is 0.0566 e. The fraction of sp³-hybridized carbons (Fsp3) is 0.154. The average Bonchev–Trinajstić information content (AvgIpc) is 3.22. The highest BCUT2D eigenvalue weighted by Crippen LogP contribution is 2.52. The molecule has 1 aliphatic carbocycles. The molecule has 0 saturated carbocycles. The maximum atomic E-state index is 6.32. The average molecular weight is 382 g/mol. The van der Waals surface area contributed by atoms with Gasteiger partial charge in [-0.2, -0.15) is 0 Å². The molecule has 0 bridgehead atoms. The third-order valence-corrected chi connectivity index (χ3v) is 6.68. The predicted molar refractivity (Wildman–Crippen MR) is 119 cm³/mol. The molecule has 1 nitrogen and oxygen atoms in total. The van der Waals surface area contributed by atoms with Gasteiger partial charge in [-0.3, -0.25) is 0 Å². The lowest BCUT2D eigenvalue weighted by Gasteiger charge is -2.38. The molecule has 28 heavy (non-hydrogen) atoms. The molecular formula is C26H20ClN. The van der Waals surface area contributed by atoms with Crippen molar-refractivity contribution in [3.05, 3.63) is 101 Å². The molecule has 6 rings (SSSR count). The van der Waals surface area contributed by atoms with Crippen LogP contribution in [0.3, 0.4) is 0 Å². The van der Waals surface area contributed by atoms with E-state index in [4.69, 9.17) is 11.6 Å². The number of allylic oxidation sites excluding steroid dienone is 2. The molecule has 0 aromatic heterocycles. The highest BCUT2D eigenvalue weighted by molar-refractivity contribution is 6.30. The summed E-state index contributed by atoms with van der Waals surface area (Å²) in [5.41, 5.74) is 3.96. The Hall–Kier alpha value is -2.77. The normalized spacial score (nSPS) is 22.8. The van der Waals surface area contributed by atoms with E-state index in [2.05, 4.69) is 84.2 Å². The number of benzene rings is 4. The minimum absolute atomic E-state index is 0.268. The van der Waals surface area contributed by atoms with Gasteiger partial charge in [-0.25, -0.2) is 0 Å². The Morgan fingerprint density at radius 3 is 2.29 bits per heavy atom. The number of halogens is 1. The summed E-state index contributed by atoms with van der Waals surface area (Å²) in [7, 11) is 0. The van der Waals surface area contributed by atoms with Gasteiger partial charge >= 0.3 is 0 Å². The number of anilines is 1. The van der Waals surface area contributed by atoms with E-state index >= 15 is 0 Å². The topological polar surface area (TPSA) is 12.0 Å². The highest BCUT2D eigenvalue weighted by Gasteiger charge is 2.39. The Kier molecular flexibility index (Phi) is 3.54. The zero-order chi connectivity index (χ0) is 18.7. The van der Waals surface area contributed by atoms with Crippen molar-refractivity contribution in [3.63, 3.8) is 0 Å². The van der Waals surface area contributed by atoms with Gasteiger partial charge in [0.15, 0.2) is 0 Å². The summed E-state index contributed by atoms with van der Waals surface area (Å²) in [5, 5.41) is 10.0. The van der Waals surface area contributed by atoms with E-state index in [0.29, 0.717) is 11.8 Å². The second-order valence-electron chi connectivity index (χ2n) is 7.94. The molecule has 1 N–H and O–H groups in total. The molecule has 4 aromatic carbocycles. The van der Waals surface area contributed by atoms with E-state index in [1.807, 2.05) is 6.07 Å². The second kappa shape index (κ2) is 6.12. The first-order valence-electron chi connectivity index (χ1n) is 9.92. The lowest BCUT2D eigenvalue weighted by atomic mass is 9.75.